The number of nitriles is 1. The molecule has 2 aliphatic heterocycles. The second-order valence-electron chi connectivity index (χ2n) is 7.81. The summed E-state index contributed by atoms with van der Waals surface area (Å²) in [7, 11) is 0. The van der Waals surface area contributed by atoms with E-state index in [2.05, 4.69) is 10.6 Å². The standard InChI is InChI=1S/C19H24N4O7S2/c1-11(25)29-7-12-8-32-19(21-10-24)15(22-13(26)9-31-6-5-20)16(27)23(19)14(12)17(28)30-18(2,3)4/h10,15H,6-9H2,1-4H3,(H,21,24)(H,22,26)/t15-,19?/m0/s1. The summed E-state index contributed by atoms with van der Waals surface area (Å²) in [6.45, 7) is 5.95. The maximum Gasteiger partial charge on any atom is 0.355 e. The average Bonchev–Trinajstić information content (AvgIpc) is 2.69. The van der Waals surface area contributed by atoms with Gasteiger partial charge >= 0.3 is 11.9 Å². The molecule has 0 aromatic carbocycles. The van der Waals surface area contributed by atoms with E-state index in [1.807, 2.05) is 6.07 Å². The van der Waals surface area contributed by atoms with Crippen LogP contribution >= 0.6 is 23.5 Å². The topological polar surface area (TPSA) is 155 Å². The zero-order valence-electron chi connectivity index (χ0n) is 18.1. The van der Waals surface area contributed by atoms with Crippen LogP contribution in [0.4, 0.5) is 0 Å². The molecule has 0 aliphatic carbocycles. The van der Waals surface area contributed by atoms with Crippen LogP contribution in [0.1, 0.15) is 27.7 Å². The number of hydrogen-bond donors (Lipinski definition) is 2. The van der Waals surface area contributed by atoms with Crippen molar-refractivity contribution in [2.75, 3.05) is 23.9 Å². The predicted molar refractivity (Wildman–Crippen MR) is 116 cm³/mol. The van der Waals surface area contributed by atoms with E-state index in [0.29, 0.717) is 12.0 Å². The third-order valence-electron chi connectivity index (χ3n) is 4.23. The van der Waals surface area contributed by atoms with Gasteiger partial charge in [-0.15, -0.1) is 23.5 Å². The van der Waals surface area contributed by atoms with Crippen LogP contribution in [0.2, 0.25) is 0 Å². The summed E-state index contributed by atoms with van der Waals surface area (Å²) in [6, 6.07) is 0.761. The number of esters is 2. The number of thioether (sulfide) groups is 2. The molecule has 0 spiro atoms. The van der Waals surface area contributed by atoms with Crippen LogP contribution in [0.25, 0.3) is 0 Å². The van der Waals surface area contributed by atoms with Crippen LogP contribution in [0.5, 0.6) is 0 Å². The Morgan fingerprint density at radius 1 is 1.41 bits per heavy atom. The highest BCUT2D eigenvalue weighted by atomic mass is 32.2. The van der Waals surface area contributed by atoms with Gasteiger partial charge < -0.3 is 20.1 Å². The first-order valence-electron chi connectivity index (χ1n) is 9.49. The summed E-state index contributed by atoms with van der Waals surface area (Å²) in [5.41, 5.74) is -0.671. The van der Waals surface area contributed by atoms with Gasteiger partial charge in [0.15, 0.2) is 11.0 Å². The minimum Gasteiger partial charge on any atom is -0.461 e. The van der Waals surface area contributed by atoms with Crippen LogP contribution in [-0.4, -0.2) is 75.6 Å². The van der Waals surface area contributed by atoms with Gasteiger partial charge in [-0.3, -0.25) is 24.1 Å². The Kier molecular flexibility index (Phi) is 8.19. The quantitative estimate of drug-likeness (QED) is 0.196. The van der Waals surface area contributed by atoms with E-state index >= 15 is 0 Å². The van der Waals surface area contributed by atoms with Crippen molar-refractivity contribution in [1.29, 1.82) is 5.26 Å². The van der Waals surface area contributed by atoms with Crippen molar-refractivity contribution >= 4 is 53.7 Å². The number of carbonyl (C=O) groups excluding carboxylic acids is 5. The molecule has 1 fully saturated rings. The summed E-state index contributed by atoms with van der Waals surface area (Å²) in [5, 5.41) is 13.7. The lowest BCUT2D eigenvalue weighted by Crippen LogP contribution is -2.83. The number of fused-ring (bicyclic) bond motifs is 1. The van der Waals surface area contributed by atoms with Crippen LogP contribution in [0, 0.1) is 11.3 Å². The van der Waals surface area contributed by atoms with E-state index in [-0.39, 0.29) is 29.6 Å². The van der Waals surface area contributed by atoms with Crippen molar-refractivity contribution in [2.45, 2.75) is 44.3 Å². The molecule has 0 bridgehead atoms. The molecule has 2 atom stereocenters. The number of nitrogens with one attached hydrogen (secondary N) is 2. The average molecular weight is 485 g/mol. The van der Waals surface area contributed by atoms with Crippen LogP contribution < -0.4 is 10.6 Å². The van der Waals surface area contributed by atoms with Crippen LogP contribution in [0.3, 0.4) is 0 Å². The highest BCUT2D eigenvalue weighted by Gasteiger charge is 2.66. The van der Waals surface area contributed by atoms with E-state index in [4.69, 9.17) is 14.7 Å². The molecule has 1 unspecified atom stereocenters. The highest BCUT2D eigenvalue weighted by Crippen LogP contribution is 2.48. The first kappa shape index (κ1) is 25.5. The van der Waals surface area contributed by atoms with Crippen molar-refractivity contribution in [3.8, 4) is 6.07 Å². The molecule has 11 nitrogen and oxygen atoms in total. The largest absolute Gasteiger partial charge is 0.461 e. The van der Waals surface area contributed by atoms with Gasteiger partial charge in [0.1, 0.15) is 17.9 Å². The van der Waals surface area contributed by atoms with E-state index in [0.717, 1.165) is 28.4 Å². The molecular weight excluding hydrogens is 460 g/mol. The Bertz CT molecular complexity index is 893. The minimum absolute atomic E-state index is 0.0500. The molecule has 2 rings (SSSR count). The summed E-state index contributed by atoms with van der Waals surface area (Å²) < 4.78 is 10.5. The Morgan fingerprint density at radius 2 is 2.09 bits per heavy atom. The van der Waals surface area contributed by atoms with Crippen molar-refractivity contribution in [1.82, 2.24) is 15.5 Å². The van der Waals surface area contributed by atoms with E-state index < -0.39 is 40.4 Å². The fourth-order valence-electron chi connectivity index (χ4n) is 3.06. The Balaban J connectivity index is 2.38. The number of ether oxygens (including phenoxy) is 2. The van der Waals surface area contributed by atoms with Crippen LogP contribution in [-0.2, 0) is 33.4 Å². The summed E-state index contributed by atoms with van der Waals surface area (Å²) >= 11 is 2.17. The Hall–Kier alpha value is -2.72. The first-order valence-corrected chi connectivity index (χ1v) is 11.6. The predicted octanol–water partition coefficient (Wildman–Crippen LogP) is -0.124. The first-order chi connectivity index (χ1) is 15.0. The van der Waals surface area contributed by atoms with Crippen molar-refractivity contribution in [3.63, 3.8) is 0 Å². The van der Waals surface area contributed by atoms with Gasteiger partial charge in [-0.25, -0.2) is 4.79 Å². The lowest BCUT2D eigenvalue weighted by Gasteiger charge is -2.58. The number of carbonyl (C=O) groups is 5. The third kappa shape index (κ3) is 5.55. The lowest BCUT2D eigenvalue weighted by atomic mass is 9.97. The number of hydrogen-bond acceptors (Lipinski definition) is 10. The van der Waals surface area contributed by atoms with Crippen molar-refractivity contribution in [3.05, 3.63) is 11.3 Å². The SMILES string of the molecule is CC(=O)OCC1=C(C(=O)OC(C)(C)C)N2C(=O)[C@H](NC(=O)CSCC#N)C2(NC=O)SC1. The van der Waals surface area contributed by atoms with Gasteiger partial charge in [0.25, 0.3) is 5.91 Å². The van der Waals surface area contributed by atoms with Gasteiger partial charge in [0, 0.05) is 18.2 Å². The molecule has 1 saturated heterocycles. The van der Waals surface area contributed by atoms with Crippen LogP contribution in [0.15, 0.2) is 11.3 Å². The number of rotatable bonds is 9. The highest BCUT2D eigenvalue weighted by molar-refractivity contribution is 8.01. The third-order valence-corrected chi connectivity index (χ3v) is 6.50. The second-order valence-corrected chi connectivity index (χ2v) is 9.99. The smallest absolute Gasteiger partial charge is 0.355 e. The lowest BCUT2D eigenvalue weighted by molar-refractivity contribution is -0.165. The van der Waals surface area contributed by atoms with Gasteiger partial charge in [0.05, 0.1) is 17.6 Å². The van der Waals surface area contributed by atoms with E-state index in [1.165, 1.54) is 6.92 Å². The maximum absolute atomic E-state index is 13.0. The van der Waals surface area contributed by atoms with Crippen molar-refractivity contribution < 1.29 is 33.4 Å². The maximum atomic E-state index is 13.0. The van der Waals surface area contributed by atoms with Gasteiger partial charge in [-0.2, -0.15) is 5.26 Å². The zero-order valence-corrected chi connectivity index (χ0v) is 19.7. The molecule has 2 heterocycles. The number of nitrogens with zero attached hydrogens (tertiary/aromatic N) is 2. The molecule has 2 N–H and O–H groups in total. The van der Waals surface area contributed by atoms with Crippen molar-refractivity contribution in [2.24, 2.45) is 0 Å². The second kappa shape index (κ2) is 10.3. The molecule has 0 saturated carbocycles. The Morgan fingerprint density at radius 3 is 2.66 bits per heavy atom. The van der Waals surface area contributed by atoms with Gasteiger partial charge in [-0.05, 0) is 20.8 Å². The molecule has 0 aromatic rings. The summed E-state index contributed by atoms with van der Waals surface area (Å²) in [4.78, 5) is 60.6. The normalized spacial score (nSPS) is 22.2. The fourth-order valence-corrected chi connectivity index (χ4v) is 4.90. The molecule has 0 radical (unpaired) electrons. The molecule has 174 valence electrons. The molecule has 13 heteroatoms. The summed E-state index contributed by atoms with van der Waals surface area (Å²) in [5.74, 6) is -2.33. The van der Waals surface area contributed by atoms with Gasteiger partial charge in [0.2, 0.25) is 12.3 Å². The molecule has 0 aromatic heterocycles. The zero-order chi connectivity index (χ0) is 24.1. The monoisotopic (exact) mass is 484 g/mol. The van der Waals surface area contributed by atoms with Gasteiger partial charge in [-0.1, -0.05) is 0 Å². The number of β-lactam (4-membered cyclic amide) rings is 1. The van der Waals surface area contributed by atoms with E-state index in [9.17, 15) is 24.0 Å². The van der Waals surface area contributed by atoms with E-state index in [1.54, 1.807) is 20.8 Å². The minimum atomic E-state index is -1.44. The fraction of sp³-hybridized carbons (Fsp3) is 0.579. The molecule has 3 amide bonds. The number of amides is 3. The summed E-state index contributed by atoms with van der Waals surface area (Å²) in [6.07, 6.45) is 0.375. The molecule has 2 aliphatic rings. The Labute approximate surface area is 193 Å². The molecular formula is C19H24N4O7S2. The molecule has 32 heavy (non-hydrogen) atoms.